The highest BCUT2D eigenvalue weighted by Gasteiger charge is 2.15. The number of allylic oxidation sites excluding steroid dienone is 1. The summed E-state index contributed by atoms with van der Waals surface area (Å²) in [6.07, 6.45) is 1.67. The molecule has 0 saturated heterocycles. The highest BCUT2D eigenvalue weighted by molar-refractivity contribution is 7.99. The number of benzene rings is 1. The quantitative estimate of drug-likeness (QED) is 0.546. The van der Waals surface area contributed by atoms with E-state index in [0.29, 0.717) is 23.1 Å². The lowest BCUT2D eigenvalue weighted by molar-refractivity contribution is -0.123. The van der Waals surface area contributed by atoms with Crippen molar-refractivity contribution in [2.45, 2.75) is 11.7 Å². The number of rotatable bonds is 8. The van der Waals surface area contributed by atoms with Crippen LogP contribution in [0.5, 0.6) is 0 Å². The number of carbonyl (C=O) groups is 2. The Hall–Kier alpha value is -2.68. The van der Waals surface area contributed by atoms with Crippen molar-refractivity contribution in [2.24, 2.45) is 5.73 Å². The molecule has 2 amide bonds. The molecule has 1 aromatic carbocycles. The van der Waals surface area contributed by atoms with Crippen LogP contribution < -0.4 is 11.1 Å². The van der Waals surface area contributed by atoms with Gasteiger partial charge in [-0.3, -0.25) is 14.2 Å². The first kappa shape index (κ1) is 17.7. The second kappa shape index (κ2) is 8.25. The number of halogens is 1. The molecule has 0 fully saturated rings. The molecule has 0 spiro atoms. The maximum Gasteiger partial charge on any atom is 0.236 e. The van der Waals surface area contributed by atoms with Gasteiger partial charge in [-0.2, -0.15) is 0 Å². The molecule has 1 aromatic heterocycles. The van der Waals surface area contributed by atoms with Crippen LogP contribution in [0.15, 0.2) is 42.1 Å². The number of nitrogens with two attached hydrogens (primary N) is 1. The Morgan fingerprint density at radius 2 is 2.04 bits per heavy atom. The average molecular weight is 349 g/mol. The maximum absolute atomic E-state index is 13.1. The minimum absolute atomic E-state index is 0.0615. The van der Waals surface area contributed by atoms with Crippen LogP contribution in [0.4, 0.5) is 4.39 Å². The smallest absolute Gasteiger partial charge is 0.236 e. The molecule has 126 valence electrons. The molecule has 0 bridgehead atoms. The molecule has 9 heteroatoms. The third kappa shape index (κ3) is 4.66. The lowest BCUT2D eigenvalue weighted by atomic mass is 10.2. The summed E-state index contributed by atoms with van der Waals surface area (Å²) in [7, 11) is 0. The predicted molar refractivity (Wildman–Crippen MR) is 88.5 cm³/mol. The van der Waals surface area contributed by atoms with Gasteiger partial charge in [-0.05, 0) is 24.3 Å². The van der Waals surface area contributed by atoms with Gasteiger partial charge in [0.05, 0.1) is 12.3 Å². The third-order valence-corrected chi connectivity index (χ3v) is 3.89. The molecule has 1 heterocycles. The molecule has 0 aliphatic heterocycles. The van der Waals surface area contributed by atoms with Crippen molar-refractivity contribution >= 4 is 23.6 Å². The van der Waals surface area contributed by atoms with E-state index in [2.05, 4.69) is 22.1 Å². The van der Waals surface area contributed by atoms with E-state index >= 15 is 0 Å². The van der Waals surface area contributed by atoms with E-state index in [1.807, 2.05) is 0 Å². The van der Waals surface area contributed by atoms with Crippen LogP contribution in [0.25, 0.3) is 11.4 Å². The number of thioether (sulfide) groups is 1. The van der Waals surface area contributed by atoms with Crippen molar-refractivity contribution in [3.8, 4) is 11.4 Å². The van der Waals surface area contributed by atoms with E-state index in [1.165, 1.54) is 23.9 Å². The number of nitrogens with zero attached hydrogens (tertiary/aromatic N) is 3. The fourth-order valence-corrected chi connectivity index (χ4v) is 2.65. The number of carbonyl (C=O) groups excluding carboxylic acids is 2. The van der Waals surface area contributed by atoms with Crippen LogP contribution in [-0.4, -0.2) is 38.9 Å². The Balaban J connectivity index is 2.13. The molecule has 2 rings (SSSR count). The summed E-state index contributed by atoms with van der Waals surface area (Å²) in [6, 6.07) is 5.89. The summed E-state index contributed by atoms with van der Waals surface area (Å²) < 4.78 is 14.8. The molecule has 24 heavy (non-hydrogen) atoms. The van der Waals surface area contributed by atoms with Crippen LogP contribution in [0.2, 0.25) is 0 Å². The van der Waals surface area contributed by atoms with Gasteiger partial charge in [-0.1, -0.05) is 17.8 Å². The fourth-order valence-electron chi connectivity index (χ4n) is 1.87. The summed E-state index contributed by atoms with van der Waals surface area (Å²) in [5.41, 5.74) is 5.67. The van der Waals surface area contributed by atoms with Crippen molar-refractivity contribution < 1.29 is 14.0 Å². The van der Waals surface area contributed by atoms with Gasteiger partial charge < -0.3 is 11.1 Å². The fraction of sp³-hybridized carbons (Fsp3) is 0.200. The van der Waals surface area contributed by atoms with E-state index in [0.717, 1.165) is 0 Å². The molecule has 0 aliphatic rings. The van der Waals surface area contributed by atoms with E-state index < -0.39 is 5.91 Å². The van der Waals surface area contributed by atoms with Crippen molar-refractivity contribution in [1.82, 2.24) is 20.1 Å². The zero-order chi connectivity index (χ0) is 17.5. The molecular weight excluding hydrogens is 333 g/mol. The van der Waals surface area contributed by atoms with Crippen molar-refractivity contribution in [1.29, 1.82) is 0 Å². The Bertz CT molecular complexity index is 745. The molecule has 0 aliphatic carbocycles. The lowest BCUT2D eigenvalue weighted by Crippen LogP contribution is -2.34. The molecular formula is C15H16FN5O2S. The maximum atomic E-state index is 13.1. The van der Waals surface area contributed by atoms with Crippen LogP contribution >= 0.6 is 11.8 Å². The Labute approximate surface area is 142 Å². The summed E-state index contributed by atoms with van der Waals surface area (Å²) >= 11 is 1.17. The topological polar surface area (TPSA) is 103 Å². The Kier molecular flexibility index (Phi) is 6.07. The zero-order valence-corrected chi connectivity index (χ0v) is 13.6. The van der Waals surface area contributed by atoms with Crippen LogP contribution in [0.3, 0.4) is 0 Å². The Morgan fingerprint density at radius 3 is 2.67 bits per heavy atom. The monoisotopic (exact) mass is 349 g/mol. The van der Waals surface area contributed by atoms with Gasteiger partial charge in [-0.25, -0.2) is 4.39 Å². The molecule has 0 saturated carbocycles. The second-order valence-corrected chi connectivity index (χ2v) is 5.69. The van der Waals surface area contributed by atoms with E-state index in [4.69, 9.17) is 5.73 Å². The normalized spacial score (nSPS) is 10.4. The second-order valence-electron chi connectivity index (χ2n) is 4.74. The first-order chi connectivity index (χ1) is 11.5. The molecule has 0 atom stereocenters. The number of amides is 2. The van der Waals surface area contributed by atoms with Crippen molar-refractivity contribution in [3.63, 3.8) is 0 Å². The highest BCUT2D eigenvalue weighted by atomic mass is 32.2. The Morgan fingerprint density at radius 1 is 1.33 bits per heavy atom. The largest absolute Gasteiger partial charge is 0.368 e. The first-order valence-corrected chi connectivity index (χ1v) is 7.97. The molecule has 7 nitrogen and oxygen atoms in total. The minimum Gasteiger partial charge on any atom is -0.368 e. The molecule has 2 aromatic rings. The SMILES string of the molecule is C=CCn1c(SCC(=O)NCC(N)=O)nnc1-c1ccc(F)cc1. The van der Waals surface area contributed by atoms with Gasteiger partial charge in [0.1, 0.15) is 5.82 Å². The number of primary amides is 1. The zero-order valence-electron chi connectivity index (χ0n) is 12.7. The molecule has 0 unspecified atom stereocenters. The van der Waals surface area contributed by atoms with E-state index in [9.17, 15) is 14.0 Å². The summed E-state index contributed by atoms with van der Waals surface area (Å²) in [5.74, 6) is -0.673. The molecule has 3 N–H and O–H groups in total. The van der Waals surface area contributed by atoms with Crippen molar-refractivity contribution in [2.75, 3.05) is 12.3 Å². The number of nitrogens with one attached hydrogen (secondary N) is 1. The average Bonchev–Trinajstić information content (AvgIpc) is 2.95. The molecule has 0 radical (unpaired) electrons. The predicted octanol–water partition coefficient (Wildman–Crippen LogP) is 0.964. The van der Waals surface area contributed by atoms with Crippen LogP contribution in [-0.2, 0) is 16.1 Å². The van der Waals surface area contributed by atoms with Crippen LogP contribution in [0.1, 0.15) is 0 Å². The summed E-state index contributed by atoms with van der Waals surface area (Å²) in [5, 5.41) is 11.1. The number of hydrogen-bond acceptors (Lipinski definition) is 5. The standard InChI is InChI=1S/C15H16FN5O2S/c1-2-7-21-14(10-3-5-11(16)6-4-10)19-20-15(21)24-9-13(23)18-8-12(17)22/h2-6H,1,7-9H2,(H2,17,22)(H,18,23). The van der Waals surface area contributed by atoms with Crippen molar-refractivity contribution in [3.05, 3.63) is 42.7 Å². The van der Waals surface area contributed by atoms with Gasteiger partial charge in [0.15, 0.2) is 11.0 Å². The summed E-state index contributed by atoms with van der Waals surface area (Å²) in [6.45, 7) is 3.92. The number of aromatic nitrogens is 3. The lowest BCUT2D eigenvalue weighted by Gasteiger charge is -2.07. The van der Waals surface area contributed by atoms with Gasteiger partial charge >= 0.3 is 0 Å². The van der Waals surface area contributed by atoms with Gasteiger partial charge in [0, 0.05) is 12.1 Å². The van der Waals surface area contributed by atoms with Crippen LogP contribution in [0, 0.1) is 5.82 Å². The van der Waals surface area contributed by atoms with Gasteiger partial charge in [-0.15, -0.1) is 16.8 Å². The first-order valence-electron chi connectivity index (χ1n) is 6.99. The van der Waals surface area contributed by atoms with E-state index in [1.54, 1.807) is 22.8 Å². The van der Waals surface area contributed by atoms with E-state index in [-0.39, 0.29) is 24.0 Å². The van der Waals surface area contributed by atoms with Gasteiger partial charge in [0.2, 0.25) is 11.8 Å². The summed E-state index contributed by atoms with van der Waals surface area (Å²) in [4.78, 5) is 22.3. The minimum atomic E-state index is -0.609. The third-order valence-electron chi connectivity index (χ3n) is 2.92. The number of hydrogen-bond donors (Lipinski definition) is 2. The van der Waals surface area contributed by atoms with Gasteiger partial charge in [0.25, 0.3) is 0 Å². The highest BCUT2D eigenvalue weighted by Crippen LogP contribution is 2.24.